The highest BCUT2D eigenvalue weighted by Gasteiger charge is 2.16. The number of nitrogens with two attached hydrogens (primary N) is 2. The molecule has 0 bridgehead atoms. The van der Waals surface area contributed by atoms with Crippen LogP contribution in [0.4, 0.5) is 0 Å². The van der Waals surface area contributed by atoms with Crippen LogP contribution in [0.1, 0.15) is 116 Å². The first-order valence-corrected chi connectivity index (χ1v) is 11.3. The zero-order valence-electron chi connectivity index (χ0n) is 17.7. The normalized spacial score (nSPS) is 12.2. The summed E-state index contributed by atoms with van der Waals surface area (Å²) in [4.78, 5) is 21.9. The molecule has 5 nitrogen and oxygen atoms in total. The lowest BCUT2D eigenvalue weighted by Gasteiger charge is -2.13. The van der Waals surface area contributed by atoms with Gasteiger partial charge in [0.15, 0.2) is 0 Å². The molecule has 0 aromatic carbocycles. The molecule has 0 saturated heterocycles. The van der Waals surface area contributed by atoms with Crippen LogP contribution in [0, 0.1) is 0 Å². The molecule has 160 valence electrons. The van der Waals surface area contributed by atoms with Crippen LogP contribution in [-0.2, 0) is 14.3 Å². The van der Waals surface area contributed by atoms with E-state index >= 15 is 0 Å². The fourth-order valence-electron chi connectivity index (χ4n) is 3.37. The van der Waals surface area contributed by atoms with Crippen molar-refractivity contribution in [1.82, 2.24) is 0 Å². The average molecular weight is 385 g/mol. The van der Waals surface area contributed by atoms with Gasteiger partial charge in [-0.1, -0.05) is 110 Å². The van der Waals surface area contributed by atoms with Gasteiger partial charge in [0.1, 0.15) is 12.7 Å². The molecule has 0 aromatic rings. The molecule has 0 fully saturated rings. The third kappa shape index (κ3) is 19.5. The third-order valence-electron chi connectivity index (χ3n) is 5.06. The lowest BCUT2D eigenvalue weighted by Crippen LogP contribution is -2.34. The molecule has 0 aliphatic carbocycles. The van der Waals surface area contributed by atoms with Crippen molar-refractivity contribution in [3.63, 3.8) is 0 Å². The van der Waals surface area contributed by atoms with E-state index in [1.165, 1.54) is 89.9 Å². The van der Waals surface area contributed by atoms with Crippen molar-refractivity contribution in [3.8, 4) is 0 Å². The molecule has 1 unspecified atom stereocenters. The molecule has 0 spiro atoms. The number of carbonyl (C=O) groups excluding carboxylic acids is 2. The highest BCUT2D eigenvalue weighted by Crippen LogP contribution is 2.14. The molecule has 0 rings (SSSR count). The number of amides is 2. The Morgan fingerprint density at radius 2 is 1.04 bits per heavy atom. The largest absolute Gasteiger partial charge is 0.368 e. The Balaban J connectivity index is 3.30. The van der Waals surface area contributed by atoms with Crippen LogP contribution in [0.25, 0.3) is 0 Å². The fraction of sp³-hybridized carbons (Fsp3) is 0.909. The lowest BCUT2D eigenvalue weighted by molar-refractivity contribution is -0.134. The Labute approximate surface area is 167 Å². The lowest BCUT2D eigenvalue weighted by atomic mass is 10.0. The third-order valence-corrected chi connectivity index (χ3v) is 5.06. The summed E-state index contributed by atoms with van der Waals surface area (Å²) in [5.74, 6) is -1.09. The van der Waals surface area contributed by atoms with Crippen molar-refractivity contribution in [2.75, 3.05) is 6.61 Å². The molecule has 1 atom stereocenters. The van der Waals surface area contributed by atoms with E-state index in [9.17, 15) is 9.59 Å². The van der Waals surface area contributed by atoms with Crippen molar-refractivity contribution in [2.24, 2.45) is 11.5 Å². The summed E-state index contributed by atoms with van der Waals surface area (Å²) in [6.45, 7) is 2.02. The van der Waals surface area contributed by atoms with Crippen LogP contribution < -0.4 is 11.5 Å². The van der Waals surface area contributed by atoms with Crippen molar-refractivity contribution in [1.29, 1.82) is 0 Å². The molecule has 0 aliphatic rings. The minimum Gasteiger partial charge on any atom is -0.368 e. The molecule has 0 aliphatic heterocycles. The Bertz CT molecular complexity index is 361. The number of unbranched alkanes of at least 4 members (excludes halogenated alkanes) is 15. The zero-order valence-corrected chi connectivity index (χ0v) is 17.7. The number of primary amides is 2. The van der Waals surface area contributed by atoms with Crippen molar-refractivity contribution < 1.29 is 14.3 Å². The van der Waals surface area contributed by atoms with Gasteiger partial charge in [-0.05, 0) is 6.42 Å². The minimum absolute atomic E-state index is 0.244. The summed E-state index contributed by atoms with van der Waals surface area (Å²) in [5.41, 5.74) is 10.3. The topological polar surface area (TPSA) is 95.4 Å². The van der Waals surface area contributed by atoms with Crippen LogP contribution in [0.2, 0.25) is 0 Å². The molecule has 0 saturated carbocycles. The minimum atomic E-state index is -0.691. The maximum absolute atomic E-state index is 11.2. The number of carbonyl (C=O) groups is 2. The molecule has 27 heavy (non-hydrogen) atoms. The Morgan fingerprint density at radius 3 is 1.37 bits per heavy atom. The van der Waals surface area contributed by atoms with Gasteiger partial charge >= 0.3 is 0 Å². The van der Waals surface area contributed by atoms with E-state index in [0.717, 1.165) is 12.8 Å². The van der Waals surface area contributed by atoms with Crippen LogP contribution in [0.5, 0.6) is 0 Å². The summed E-state index contributed by atoms with van der Waals surface area (Å²) >= 11 is 0. The first kappa shape index (κ1) is 25.9. The smallest absolute Gasteiger partial charge is 0.246 e. The maximum Gasteiger partial charge on any atom is 0.246 e. The summed E-state index contributed by atoms with van der Waals surface area (Å²) in [6.07, 6.45) is 20.9. The van der Waals surface area contributed by atoms with Gasteiger partial charge in [0.05, 0.1) is 0 Å². The zero-order chi connectivity index (χ0) is 20.2. The van der Waals surface area contributed by atoms with Gasteiger partial charge in [0.25, 0.3) is 0 Å². The summed E-state index contributed by atoms with van der Waals surface area (Å²) in [7, 11) is 0. The fourth-order valence-corrected chi connectivity index (χ4v) is 3.37. The highest BCUT2D eigenvalue weighted by molar-refractivity contribution is 5.80. The van der Waals surface area contributed by atoms with Crippen molar-refractivity contribution >= 4 is 11.8 Å². The van der Waals surface area contributed by atoms with Crippen LogP contribution in [0.15, 0.2) is 0 Å². The van der Waals surface area contributed by atoms with Gasteiger partial charge in [-0.15, -0.1) is 0 Å². The second kappa shape index (κ2) is 19.7. The van der Waals surface area contributed by atoms with Gasteiger partial charge in [0, 0.05) is 0 Å². The quantitative estimate of drug-likeness (QED) is 0.273. The number of ether oxygens (including phenoxy) is 1. The second-order valence-corrected chi connectivity index (χ2v) is 7.76. The molecule has 5 heteroatoms. The Morgan fingerprint density at radius 1 is 0.667 bits per heavy atom. The van der Waals surface area contributed by atoms with Crippen LogP contribution >= 0.6 is 0 Å². The van der Waals surface area contributed by atoms with Gasteiger partial charge < -0.3 is 16.2 Å². The molecular weight excluding hydrogens is 340 g/mol. The van der Waals surface area contributed by atoms with E-state index in [2.05, 4.69) is 6.92 Å². The first-order chi connectivity index (χ1) is 13.1. The van der Waals surface area contributed by atoms with Crippen LogP contribution in [-0.4, -0.2) is 24.5 Å². The van der Waals surface area contributed by atoms with E-state index in [1.807, 2.05) is 0 Å². The van der Waals surface area contributed by atoms with Gasteiger partial charge in [0.2, 0.25) is 11.8 Å². The summed E-state index contributed by atoms with van der Waals surface area (Å²) in [5, 5.41) is 0. The second-order valence-electron chi connectivity index (χ2n) is 7.76. The average Bonchev–Trinajstić information content (AvgIpc) is 2.63. The standard InChI is InChI=1S/C22H44N2O3/c1-2-3-4-5-6-7-8-9-10-11-12-13-14-15-16-17-18-20(22(24)26)27-19-21(23)25/h20H,2-19H2,1H3,(H2,23,25)(H2,24,26). The summed E-state index contributed by atoms with van der Waals surface area (Å²) in [6, 6.07) is 0. The van der Waals surface area contributed by atoms with Crippen molar-refractivity contribution in [2.45, 2.75) is 122 Å². The molecular formula is C22H44N2O3. The molecule has 2 amide bonds. The van der Waals surface area contributed by atoms with Crippen molar-refractivity contribution in [3.05, 3.63) is 0 Å². The first-order valence-electron chi connectivity index (χ1n) is 11.3. The van der Waals surface area contributed by atoms with Gasteiger partial charge in [-0.2, -0.15) is 0 Å². The van der Waals surface area contributed by atoms with Crippen LogP contribution in [0.3, 0.4) is 0 Å². The molecule has 0 heterocycles. The van der Waals surface area contributed by atoms with E-state index in [4.69, 9.17) is 16.2 Å². The summed E-state index contributed by atoms with van der Waals surface area (Å²) < 4.78 is 5.14. The predicted octanol–water partition coefficient (Wildman–Crippen LogP) is 4.99. The van der Waals surface area contributed by atoms with E-state index < -0.39 is 17.9 Å². The highest BCUT2D eigenvalue weighted by atomic mass is 16.5. The molecule has 0 radical (unpaired) electrons. The maximum atomic E-state index is 11.2. The predicted molar refractivity (Wildman–Crippen MR) is 112 cm³/mol. The SMILES string of the molecule is CCCCCCCCCCCCCCCCCCC(OCC(N)=O)C(N)=O. The van der Waals surface area contributed by atoms with Gasteiger partial charge in [-0.3, -0.25) is 9.59 Å². The molecule has 4 N–H and O–H groups in total. The van der Waals surface area contributed by atoms with E-state index in [0.29, 0.717) is 6.42 Å². The monoisotopic (exact) mass is 384 g/mol. The Hall–Kier alpha value is -1.10. The number of hydrogen-bond donors (Lipinski definition) is 2. The van der Waals surface area contributed by atoms with E-state index in [1.54, 1.807) is 0 Å². The van der Waals surface area contributed by atoms with E-state index in [-0.39, 0.29) is 6.61 Å². The number of rotatable bonds is 21. The van der Waals surface area contributed by atoms with Gasteiger partial charge in [-0.25, -0.2) is 0 Å². The Kier molecular flexibility index (Phi) is 18.9. The molecule has 0 aromatic heterocycles. The number of hydrogen-bond acceptors (Lipinski definition) is 3.